The van der Waals surface area contributed by atoms with Crippen molar-refractivity contribution >= 4 is 29.2 Å². The summed E-state index contributed by atoms with van der Waals surface area (Å²) in [6.07, 6.45) is -0.548. The van der Waals surface area contributed by atoms with E-state index < -0.39 is 6.09 Å². The highest BCUT2D eigenvalue weighted by molar-refractivity contribution is 6.36. The molecule has 0 spiro atoms. The van der Waals surface area contributed by atoms with Gasteiger partial charge in [-0.2, -0.15) is 0 Å². The summed E-state index contributed by atoms with van der Waals surface area (Å²) >= 11 is 6.01. The van der Waals surface area contributed by atoms with Crippen LogP contribution in [0.3, 0.4) is 0 Å². The molecule has 0 saturated heterocycles. The number of rotatable bonds is 2. The lowest BCUT2D eigenvalue weighted by atomic mass is 10.1. The highest BCUT2D eigenvalue weighted by atomic mass is 35.5. The quantitative estimate of drug-likeness (QED) is 0.850. The SMILES string of the molecule is O=C1CN(C(=O)OCc2ccccc2)c2cccc(Cl)c21. The van der Waals surface area contributed by atoms with Crippen LogP contribution in [0.5, 0.6) is 0 Å². The van der Waals surface area contributed by atoms with Crippen molar-refractivity contribution in [3.8, 4) is 0 Å². The van der Waals surface area contributed by atoms with Crippen molar-refractivity contribution in [1.82, 2.24) is 0 Å². The number of hydrogen-bond donors (Lipinski definition) is 0. The Labute approximate surface area is 126 Å². The molecular weight excluding hydrogens is 290 g/mol. The highest BCUT2D eigenvalue weighted by Crippen LogP contribution is 2.33. The number of Topliss-reactive ketones (excluding diaryl/α,β-unsaturated/α-hetero) is 1. The van der Waals surface area contributed by atoms with E-state index in [1.54, 1.807) is 18.2 Å². The van der Waals surface area contributed by atoms with Crippen LogP contribution in [-0.2, 0) is 11.3 Å². The van der Waals surface area contributed by atoms with Crippen molar-refractivity contribution in [3.63, 3.8) is 0 Å². The van der Waals surface area contributed by atoms with Gasteiger partial charge in [-0.05, 0) is 17.7 Å². The van der Waals surface area contributed by atoms with Gasteiger partial charge in [0.05, 0.1) is 22.8 Å². The number of nitrogens with zero attached hydrogens (tertiary/aromatic N) is 1. The van der Waals surface area contributed by atoms with Crippen LogP contribution in [-0.4, -0.2) is 18.4 Å². The standard InChI is InChI=1S/C16H12ClNO3/c17-12-7-4-8-13-15(12)14(19)9-18(13)16(20)21-10-11-5-2-1-3-6-11/h1-8H,9-10H2. The molecular formula is C16H12ClNO3. The molecule has 1 amide bonds. The molecule has 0 radical (unpaired) electrons. The number of carbonyl (C=O) groups is 2. The fourth-order valence-electron chi connectivity index (χ4n) is 2.28. The number of hydrogen-bond acceptors (Lipinski definition) is 3. The Hall–Kier alpha value is -2.33. The number of amides is 1. The van der Waals surface area contributed by atoms with Crippen molar-refractivity contribution in [2.75, 3.05) is 11.4 Å². The van der Waals surface area contributed by atoms with Gasteiger partial charge in [-0.25, -0.2) is 4.79 Å². The summed E-state index contributed by atoms with van der Waals surface area (Å²) in [5.41, 5.74) is 1.78. The Morgan fingerprint density at radius 1 is 1.14 bits per heavy atom. The summed E-state index contributed by atoms with van der Waals surface area (Å²) < 4.78 is 5.25. The molecule has 5 heteroatoms. The molecule has 0 bridgehead atoms. The molecule has 1 aliphatic rings. The minimum Gasteiger partial charge on any atom is -0.444 e. The molecule has 2 aromatic rings. The number of benzene rings is 2. The molecule has 1 aliphatic heterocycles. The third-order valence-electron chi connectivity index (χ3n) is 3.29. The van der Waals surface area contributed by atoms with Gasteiger partial charge in [0, 0.05) is 0 Å². The monoisotopic (exact) mass is 301 g/mol. The number of anilines is 1. The van der Waals surface area contributed by atoms with Gasteiger partial charge in [0.15, 0.2) is 5.78 Å². The molecule has 0 fully saturated rings. The highest BCUT2D eigenvalue weighted by Gasteiger charge is 2.33. The first-order valence-corrected chi connectivity index (χ1v) is 6.84. The lowest BCUT2D eigenvalue weighted by Crippen LogP contribution is -2.30. The lowest BCUT2D eigenvalue weighted by molar-refractivity contribution is 0.100. The van der Waals surface area contributed by atoms with E-state index in [9.17, 15) is 9.59 Å². The zero-order valence-electron chi connectivity index (χ0n) is 11.1. The molecule has 0 N–H and O–H groups in total. The van der Waals surface area contributed by atoms with Crippen molar-refractivity contribution in [3.05, 3.63) is 64.7 Å². The maximum absolute atomic E-state index is 12.1. The van der Waals surface area contributed by atoms with Crippen LogP contribution in [0.15, 0.2) is 48.5 Å². The number of ketones is 1. The summed E-state index contributed by atoms with van der Waals surface area (Å²) in [4.78, 5) is 25.4. The van der Waals surface area contributed by atoms with Gasteiger partial charge in [0.1, 0.15) is 6.61 Å². The van der Waals surface area contributed by atoms with E-state index in [1.165, 1.54) is 4.90 Å². The second kappa shape index (κ2) is 5.58. The molecule has 21 heavy (non-hydrogen) atoms. The first kappa shape index (κ1) is 13.6. The molecule has 0 atom stereocenters. The molecule has 3 rings (SSSR count). The zero-order chi connectivity index (χ0) is 14.8. The van der Waals surface area contributed by atoms with Crippen LogP contribution in [0.1, 0.15) is 15.9 Å². The fraction of sp³-hybridized carbons (Fsp3) is 0.125. The number of ether oxygens (including phenoxy) is 1. The Morgan fingerprint density at radius 3 is 2.67 bits per heavy atom. The second-order valence-electron chi connectivity index (χ2n) is 4.68. The van der Waals surface area contributed by atoms with Crippen LogP contribution in [0.25, 0.3) is 0 Å². The molecule has 2 aromatic carbocycles. The van der Waals surface area contributed by atoms with Gasteiger partial charge >= 0.3 is 6.09 Å². The van der Waals surface area contributed by atoms with Gasteiger partial charge < -0.3 is 4.74 Å². The molecule has 1 heterocycles. The average Bonchev–Trinajstić information content (AvgIpc) is 2.84. The summed E-state index contributed by atoms with van der Waals surface area (Å²) in [6, 6.07) is 14.4. The topological polar surface area (TPSA) is 46.6 Å². The Balaban J connectivity index is 1.76. The minimum absolute atomic E-state index is 0.0350. The minimum atomic E-state index is -0.548. The summed E-state index contributed by atoms with van der Waals surface area (Å²) in [7, 11) is 0. The van der Waals surface area contributed by atoms with E-state index in [-0.39, 0.29) is 18.9 Å². The largest absolute Gasteiger partial charge is 0.444 e. The predicted octanol–water partition coefficient (Wildman–Crippen LogP) is 3.68. The van der Waals surface area contributed by atoms with Crippen LogP contribution in [0, 0.1) is 0 Å². The summed E-state index contributed by atoms with van der Waals surface area (Å²) in [6.45, 7) is 0.132. The van der Waals surface area contributed by atoms with E-state index in [4.69, 9.17) is 16.3 Å². The first-order valence-electron chi connectivity index (χ1n) is 6.47. The van der Waals surface area contributed by atoms with E-state index in [0.717, 1.165) is 5.56 Å². The smallest absolute Gasteiger partial charge is 0.415 e. The Kier molecular flexibility index (Phi) is 3.62. The van der Waals surface area contributed by atoms with Gasteiger partial charge in [-0.1, -0.05) is 48.0 Å². The number of halogens is 1. The van der Waals surface area contributed by atoms with Gasteiger partial charge in [0.2, 0.25) is 0 Å². The second-order valence-corrected chi connectivity index (χ2v) is 5.09. The fourth-order valence-corrected chi connectivity index (χ4v) is 2.56. The van der Waals surface area contributed by atoms with Crippen LogP contribution < -0.4 is 4.90 Å². The molecule has 106 valence electrons. The zero-order valence-corrected chi connectivity index (χ0v) is 11.8. The van der Waals surface area contributed by atoms with Crippen LogP contribution in [0.2, 0.25) is 5.02 Å². The van der Waals surface area contributed by atoms with Crippen molar-refractivity contribution < 1.29 is 14.3 Å². The number of fused-ring (bicyclic) bond motifs is 1. The summed E-state index contributed by atoms with van der Waals surface area (Å²) in [5, 5.41) is 0.357. The van der Waals surface area contributed by atoms with Gasteiger partial charge in [-0.3, -0.25) is 9.69 Å². The molecule has 0 aliphatic carbocycles. The molecule has 4 nitrogen and oxygen atoms in total. The van der Waals surface area contributed by atoms with E-state index in [2.05, 4.69) is 0 Å². The van der Waals surface area contributed by atoms with E-state index >= 15 is 0 Å². The average molecular weight is 302 g/mol. The van der Waals surface area contributed by atoms with E-state index in [1.807, 2.05) is 30.3 Å². The van der Waals surface area contributed by atoms with Gasteiger partial charge in [-0.15, -0.1) is 0 Å². The van der Waals surface area contributed by atoms with Crippen LogP contribution >= 0.6 is 11.6 Å². The Bertz CT molecular complexity index is 700. The molecule has 0 unspecified atom stereocenters. The normalized spacial score (nSPS) is 13.2. The summed E-state index contributed by atoms with van der Waals surface area (Å²) in [5.74, 6) is -0.174. The number of carbonyl (C=O) groups excluding carboxylic acids is 2. The maximum atomic E-state index is 12.1. The maximum Gasteiger partial charge on any atom is 0.415 e. The predicted molar refractivity (Wildman–Crippen MR) is 79.8 cm³/mol. The van der Waals surface area contributed by atoms with Gasteiger partial charge in [0.25, 0.3) is 0 Å². The third-order valence-corrected chi connectivity index (χ3v) is 3.60. The van der Waals surface area contributed by atoms with Crippen molar-refractivity contribution in [2.45, 2.75) is 6.61 Å². The van der Waals surface area contributed by atoms with Crippen LogP contribution in [0.4, 0.5) is 10.5 Å². The van der Waals surface area contributed by atoms with Crippen molar-refractivity contribution in [2.24, 2.45) is 0 Å². The Morgan fingerprint density at radius 2 is 1.90 bits per heavy atom. The lowest BCUT2D eigenvalue weighted by Gasteiger charge is -2.16. The molecule has 0 aromatic heterocycles. The molecule has 0 saturated carbocycles. The van der Waals surface area contributed by atoms with E-state index in [0.29, 0.717) is 16.3 Å². The third kappa shape index (κ3) is 2.62. The van der Waals surface area contributed by atoms with Crippen molar-refractivity contribution in [1.29, 1.82) is 0 Å². The first-order chi connectivity index (χ1) is 10.2.